The van der Waals surface area contributed by atoms with Gasteiger partial charge < -0.3 is 5.32 Å². The zero-order valence-electron chi connectivity index (χ0n) is 17.4. The van der Waals surface area contributed by atoms with Crippen molar-refractivity contribution in [3.05, 3.63) is 45.7 Å². The predicted molar refractivity (Wildman–Crippen MR) is 108 cm³/mol. The summed E-state index contributed by atoms with van der Waals surface area (Å²) in [7, 11) is 0. The number of hydrogen-bond donors (Lipinski definition) is 3. The van der Waals surface area contributed by atoms with Crippen LogP contribution in [-0.4, -0.2) is 27.5 Å². The summed E-state index contributed by atoms with van der Waals surface area (Å²) in [5.41, 5.74) is 2.07. The lowest BCUT2D eigenvalue weighted by Gasteiger charge is -2.22. The Morgan fingerprint density at radius 3 is 2.16 bits per heavy atom. The smallest absolute Gasteiger partial charge is 0.320 e. The van der Waals surface area contributed by atoms with Crippen molar-refractivity contribution in [2.24, 2.45) is 0 Å². The number of nitrogens with zero attached hydrogens (tertiary/aromatic N) is 2. The van der Waals surface area contributed by atoms with Crippen LogP contribution in [0.5, 0.6) is 0 Å². The molecular weight excluding hydrogens is 439 g/mol. The summed E-state index contributed by atoms with van der Waals surface area (Å²) in [5.74, 6) is -2.22. The number of carbonyl (C=O) groups is 3. The molecule has 3 amide bonds. The molecule has 31 heavy (non-hydrogen) atoms. The summed E-state index contributed by atoms with van der Waals surface area (Å²) in [6.45, 7) is 7.52. The van der Waals surface area contributed by atoms with Crippen LogP contribution >= 0.6 is 11.6 Å². The minimum Gasteiger partial charge on any atom is -0.320 e. The zero-order valence-corrected chi connectivity index (χ0v) is 18.1. The second-order valence-electron chi connectivity index (χ2n) is 7.73. The van der Waals surface area contributed by atoms with Crippen LogP contribution in [0.3, 0.4) is 0 Å². The van der Waals surface area contributed by atoms with E-state index < -0.39 is 35.1 Å². The Hall–Kier alpha value is -3.08. The molecule has 8 nitrogen and oxygen atoms in total. The van der Waals surface area contributed by atoms with E-state index in [1.807, 2.05) is 0 Å². The van der Waals surface area contributed by atoms with Gasteiger partial charge in [-0.2, -0.15) is 18.3 Å². The minimum absolute atomic E-state index is 0.0208. The van der Waals surface area contributed by atoms with Crippen LogP contribution in [0.15, 0.2) is 18.2 Å². The minimum atomic E-state index is -4.74. The number of amides is 3. The van der Waals surface area contributed by atoms with Crippen LogP contribution < -0.4 is 16.2 Å². The summed E-state index contributed by atoms with van der Waals surface area (Å²) in [6.07, 6.45) is -4.74. The maximum atomic E-state index is 13.2. The van der Waals surface area contributed by atoms with Crippen LogP contribution in [0.1, 0.15) is 59.8 Å². The van der Waals surface area contributed by atoms with Crippen LogP contribution in [0, 0.1) is 6.92 Å². The maximum absolute atomic E-state index is 13.2. The maximum Gasteiger partial charge on any atom is 0.435 e. The number of nitrogens with one attached hydrogen (secondary N) is 3. The van der Waals surface area contributed by atoms with Gasteiger partial charge in [0.2, 0.25) is 5.91 Å². The fraction of sp³-hybridized carbons (Fsp3) is 0.368. The van der Waals surface area contributed by atoms with E-state index in [1.54, 1.807) is 27.7 Å². The van der Waals surface area contributed by atoms with Crippen molar-refractivity contribution >= 4 is 35.0 Å². The fourth-order valence-electron chi connectivity index (χ4n) is 2.67. The molecule has 0 unspecified atom stereocenters. The lowest BCUT2D eigenvalue weighted by atomic mass is 10.1. The van der Waals surface area contributed by atoms with Crippen molar-refractivity contribution in [3.8, 4) is 0 Å². The number of halogens is 4. The van der Waals surface area contributed by atoms with Gasteiger partial charge in [-0.3, -0.25) is 29.9 Å². The number of benzene rings is 1. The Labute approximate surface area is 181 Å². The Bertz CT molecular complexity index is 1040. The van der Waals surface area contributed by atoms with E-state index in [0.29, 0.717) is 11.6 Å². The SMILES string of the molecule is CC(=O)NNC(=O)c1cc(Cl)cc(C)c1NC(=O)c1cc(C(F)(F)F)nn1C(C)(C)C. The molecule has 0 saturated carbocycles. The molecule has 0 bridgehead atoms. The van der Waals surface area contributed by atoms with Crippen molar-refractivity contribution in [2.45, 2.75) is 46.3 Å². The molecule has 1 aromatic carbocycles. The van der Waals surface area contributed by atoms with Crippen molar-refractivity contribution in [2.75, 3.05) is 5.32 Å². The highest BCUT2D eigenvalue weighted by Gasteiger charge is 2.37. The Balaban J connectivity index is 2.50. The van der Waals surface area contributed by atoms with Gasteiger partial charge >= 0.3 is 6.18 Å². The monoisotopic (exact) mass is 459 g/mol. The lowest BCUT2D eigenvalue weighted by molar-refractivity contribution is -0.141. The first-order chi connectivity index (χ1) is 14.1. The van der Waals surface area contributed by atoms with Gasteiger partial charge in [0.15, 0.2) is 5.69 Å². The summed E-state index contributed by atoms with van der Waals surface area (Å²) in [6, 6.07) is 3.36. The van der Waals surface area contributed by atoms with Gasteiger partial charge in [0.05, 0.1) is 16.8 Å². The third kappa shape index (κ3) is 5.75. The third-order valence-corrected chi connectivity index (χ3v) is 4.22. The van der Waals surface area contributed by atoms with E-state index in [-0.39, 0.29) is 22.0 Å². The second kappa shape index (κ2) is 8.58. The molecule has 0 aliphatic heterocycles. The number of hydrazine groups is 1. The van der Waals surface area contributed by atoms with Gasteiger partial charge in [-0.15, -0.1) is 0 Å². The molecule has 12 heteroatoms. The van der Waals surface area contributed by atoms with Gasteiger partial charge in [0, 0.05) is 18.0 Å². The van der Waals surface area contributed by atoms with E-state index in [0.717, 1.165) is 4.68 Å². The number of alkyl halides is 3. The molecule has 2 rings (SSSR count). The standard InChI is InChI=1S/C19H21ClF3N5O3/c1-9-6-11(20)7-12(16(30)26-25-10(2)29)15(9)24-17(31)13-8-14(19(21,22)23)27-28(13)18(3,4)5/h6-8H,1-5H3,(H,24,31)(H,25,29)(H,26,30). The number of hydrogen-bond acceptors (Lipinski definition) is 4. The number of aryl methyl sites for hydroxylation is 1. The van der Waals surface area contributed by atoms with Crippen molar-refractivity contribution < 1.29 is 27.6 Å². The third-order valence-electron chi connectivity index (χ3n) is 4.00. The van der Waals surface area contributed by atoms with Gasteiger partial charge in [-0.05, 0) is 45.4 Å². The molecule has 0 aliphatic rings. The number of anilines is 1. The van der Waals surface area contributed by atoms with E-state index in [9.17, 15) is 27.6 Å². The van der Waals surface area contributed by atoms with Gasteiger partial charge in [0.25, 0.3) is 11.8 Å². The summed E-state index contributed by atoms with van der Waals surface area (Å²) >= 11 is 6.00. The molecule has 1 heterocycles. The number of carbonyl (C=O) groups excluding carboxylic acids is 3. The highest BCUT2D eigenvalue weighted by molar-refractivity contribution is 6.31. The van der Waals surface area contributed by atoms with Crippen molar-refractivity contribution in [3.63, 3.8) is 0 Å². The first kappa shape index (κ1) is 24.2. The van der Waals surface area contributed by atoms with Gasteiger partial charge in [0.1, 0.15) is 5.69 Å². The van der Waals surface area contributed by atoms with Crippen LogP contribution in [0.25, 0.3) is 0 Å². The molecule has 1 aromatic heterocycles. The quantitative estimate of drug-likeness (QED) is 0.609. The highest BCUT2D eigenvalue weighted by Crippen LogP contribution is 2.31. The summed E-state index contributed by atoms with van der Waals surface area (Å²) < 4.78 is 40.5. The van der Waals surface area contributed by atoms with Crippen molar-refractivity contribution in [1.82, 2.24) is 20.6 Å². The Morgan fingerprint density at radius 2 is 1.65 bits per heavy atom. The molecule has 0 spiro atoms. The zero-order chi connectivity index (χ0) is 23.7. The molecule has 3 N–H and O–H groups in total. The average Bonchev–Trinajstić information content (AvgIpc) is 3.08. The molecule has 168 valence electrons. The fourth-order valence-corrected chi connectivity index (χ4v) is 2.94. The van der Waals surface area contributed by atoms with Crippen LogP contribution in [0.4, 0.5) is 18.9 Å². The normalized spacial score (nSPS) is 11.8. The number of aromatic nitrogens is 2. The van der Waals surface area contributed by atoms with E-state index in [4.69, 9.17) is 11.6 Å². The van der Waals surface area contributed by atoms with E-state index in [1.165, 1.54) is 19.1 Å². The summed E-state index contributed by atoms with van der Waals surface area (Å²) in [4.78, 5) is 36.4. The van der Waals surface area contributed by atoms with Crippen LogP contribution in [0.2, 0.25) is 5.02 Å². The first-order valence-electron chi connectivity index (χ1n) is 8.97. The predicted octanol–water partition coefficient (Wildman–Crippen LogP) is 3.65. The molecule has 0 aliphatic carbocycles. The van der Waals surface area contributed by atoms with Gasteiger partial charge in [-0.25, -0.2) is 0 Å². The Kier molecular flexibility index (Phi) is 6.69. The molecular formula is C19H21ClF3N5O3. The summed E-state index contributed by atoms with van der Waals surface area (Å²) in [5, 5.41) is 6.19. The second-order valence-corrected chi connectivity index (χ2v) is 8.17. The highest BCUT2D eigenvalue weighted by atomic mass is 35.5. The van der Waals surface area contributed by atoms with E-state index in [2.05, 4.69) is 21.3 Å². The lowest BCUT2D eigenvalue weighted by Crippen LogP contribution is -2.40. The van der Waals surface area contributed by atoms with Crippen molar-refractivity contribution in [1.29, 1.82) is 0 Å². The number of rotatable bonds is 3. The molecule has 0 fully saturated rings. The average molecular weight is 460 g/mol. The molecule has 0 radical (unpaired) electrons. The van der Waals surface area contributed by atoms with Crippen LogP contribution in [-0.2, 0) is 16.5 Å². The largest absolute Gasteiger partial charge is 0.435 e. The molecule has 0 atom stereocenters. The van der Waals surface area contributed by atoms with E-state index >= 15 is 0 Å². The first-order valence-corrected chi connectivity index (χ1v) is 9.35. The molecule has 2 aromatic rings. The topological polar surface area (TPSA) is 105 Å². The molecule has 0 saturated heterocycles. The van der Waals surface area contributed by atoms with Gasteiger partial charge in [-0.1, -0.05) is 11.6 Å². The Morgan fingerprint density at radius 1 is 1.03 bits per heavy atom.